The monoisotopic (exact) mass is 693 g/mol. The van der Waals surface area contributed by atoms with E-state index < -0.39 is 28.5 Å². The zero-order valence-corrected chi connectivity index (χ0v) is 28.6. The van der Waals surface area contributed by atoms with Crippen molar-refractivity contribution in [3.63, 3.8) is 0 Å². The maximum Gasteiger partial charge on any atom is 0.264 e. The Bertz CT molecular complexity index is 1780. The lowest BCUT2D eigenvalue weighted by Gasteiger charge is -2.33. The standard InChI is InChI=1S/C36H37Cl2N3O5S/c1-25-15-21-31(22-16-25)47(44,45)41(28-17-19-30(20-18-28)46-29-11-4-3-5-12-29)24-35(42)40(23-32-33(37)13-8-14-34(32)38)26(2)36(43)39-27-9-6-7-10-27/h3-5,8,11-22,26-27H,6-7,9-10,23-24H2,1-2H3,(H,39,43)/t26-/m1/s1. The second kappa shape index (κ2) is 15.2. The molecule has 1 fully saturated rings. The van der Waals surface area contributed by atoms with Crippen LogP contribution in [0.4, 0.5) is 5.69 Å². The first-order valence-electron chi connectivity index (χ1n) is 15.5. The van der Waals surface area contributed by atoms with E-state index >= 15 is 0 Å². The molecule has 1 aliphatic rings. The van der Waals surface area contributed by atoms with E-state index in [2.05, 4.69) is 5.32 Å². The summed E-state index contributed by atoms with van der Waals surface area (Å²) < 4.78 is 35.3. The summed E-state index contributed by atoms with van der Waals surface area (Å²) in [7, 11) is -4.23. The quantitative estimate of drug-likeness (QED) is 0.164. The van der Waals surface area contributed by atoms with Crippen molar-refractivity contribution in [3.05, 3.63) is 118 Å². The van der Waals surface area contributed by atoms with Gasteiger partial charge in [-0.25, -0.2) is 8.42 Å². The van der Waals surface area contributed by atoms with E-state index in [0.717, 1.165) is 35.6 Å². The molecular weight excluding hydrogens is 657 g/mol. The third kappa shape index (κ3) is 8.46. The molecule has 1 N–H and O–H groups in total. The molecule has 8 nitrogen and oxygen atoms in total. The molecule has 0 unspecified atom stereocenters. The summed E-state index contributed by atoms with van der Waals surface area (Å²) in [5.74, 6) is 0.184. The maximum absolute atomic E-state index is 14.3. The second-order valence-corrected chi connectivity index (χ2v) is 14.3. The number of aryl methyl sites for hydroxylation is 1. The molecule has 11 heteroatoms. The molecule has 47 heavy (non-hydrogen) atoms. The predicted octanol–water partition coefficient (Wildman–Crippen LogP) is 7.77. The van der Waals surface area contributed by atoms with Crippen LogP contribution in [0, 0.1) is 6.92 Å². The van der Waals surface area contributed by atoms with Crippen molar-refractivity contribution in [2.45, 2.75) is 63.1 Å². The number of ether oxygens (including phenoxy) is 1. The van der Waals surface area contributed by atoms with Crippen LogP contribution in [-0.4, -0.2) is 43.8 Å². The predicted molar refractivity (Wildman–Crippen MR) is 186 cm³/mol. The highest BCUT2D eigenvalue weighted by Gasteiger charge is 2.34. The fourth-order valence-corrected chi connectivity index (χ4v) is 7.43. The molecule has 0 aliphatic heterocycles. The average molecular weight is 695 g/mol. The summed E-state index contributed by atoms with van der Waals surface area (Å²) in [6.45, 7) is 2.80. The van der Waals surface area contributed by atoms with Gasteiger partial charge in [-0.2, -0.15) is 0 Å². The zero-order valence-electron chi connectivity index (χ0n) is 26.2. The molecular formula is C36H37Cl2N3O5S. The molecule has 0 aromatic heterocycles. The lowest BCUT2D eigenvalue weighted by Crippen LogP contribution is -2.52. The minimum absolute atomic E-state index is 0.0215. The molecule has 5 rings (SSSR count). The molecule has 4 aromatic rings. The Morgan fingerprint density at radius 3 is 2.06 bits per heavy atom. The molecule has 246 valence electrons. The Balaban J connectivity index is 1.49. The first-order valence-corrected chi connectivity index (χ1v) is 17.7. The molecule has 0 saturated heterocycles. The van der Waals surface area contributed by atoms with Gasteiger partial charge < -0.3 is 15.0 Å². The number of nitrogens with one attached hydrogen (secondary N) is 1. The number of anilines is 1. The van der Waals surface area contributed by atoms with Crippen molar-refractivity contribution in [1.82, 2.24) is 10.2 Å². The van der Waals surface area contributed by atoms with Gasteiger partial charge in [-0.1, -0.05) is 78.0 Å². The SMILES string of the molecule is Cc1ccc(S(=O)(=O)N(CC(=O)N(Cc2c(Cl)cccc2Cl)[C@H](C)C(=O)NC2CCCC2)c2ccc(Oc3ccccc3)cc2)cc1. The van der Waals surface area contributed by atoms with Crippen molar-refractivity contribution >= 4 is 50.7 Å². The number of amides is 2. The first kappa shape index (κ1) is 34.3. The number of benzene rings is 4. The number of hydrogen-bond acceptors (Lipinski definition) is 5. The van der Waals surface area contributed by atoms with Gasteiger partial charge in [0.25, 0.3) is 10.0 Å². The summed E-state index contributed by atoms with van der Waals surface area (Å²) >= 11 is 13.0. The minimum atomic E-state index is -4.23. The lowest BCUT2D eigenvalue weighted by molar-refractivity contribution is -0.139. The van der Waals surface area contributed by atoms with Crippen LogP contribution in [-0.2, 0) is 26.2 Å². The number of sulfonamides is 1. The van der Waals surface area contributed by atoms with Crippen LogP contribution in [0.15, 0.2) is 102 Å². The highest BCUT2D eigenvalue weighted by atomic mass is 35.5. The van der Waals surface area contributed by atoms with E-state index in [1.54, 1.807) is 61.5 Å². The van der Waals surface area contributed by atoms with Gasteiger partial charge >= 0.3 is 0 Å². The number of hydrogen-bond donors (Lipinski definition) is 1. The third-order valence-electron chi connectivity index (χ3n) is 8.25. The van der Waals surface area contributed by atoms with Gasteiger partial charge in [0.15, 0.2) is 0 Å². The van der Waals surface area contributed by atoms with Crippen LogP contribution in [0.25, 0.3) is 0 Å². The zero-order chi connectivity index (χ0) is 33.6. The van der Waals surface area contributed by atoms with Crippen molar-refractivity contribution < 1.29 is 22.7 Å². The Morgan fingerprint density at radius 2 is 1.45 bits per heavy atom. The van der Waals surface area contributed by atoms with Crippen molar-refractivity contribution in [2.24, 2.45) is 0 Å². The lowest BCUT2D eigenvalue weighted by atomic mass is 10.1. The number of halogens is 2. The molecule has 2 amide bonds. The van der Waals surface area contributed by atoms with Gasteiger partial charge in [0.1, 0.15) is 24.1 Å². The van der Waals surface area contributed by atoms with Crippen LogP contribution in [0.1, 0.15) is 43.7 Å². The Hall–Kier alpha value is -4.05. The minimum Gasteiger partial charge on any atom is -0.457 e. The van der Waals surface area contributed by atoms with Gasteiger partial charge in [0.05, 0.1) is 10.6 Å². The number of para-hydroxylation sites is 1. The van der Waals surface area contributed by atoms with E-state index in [9.17, 15) is 18.0 Å². The number of carbonyl (C=O) groups excluding carboxylic acids is 2. The van der Waals surface area contributed by atoms with Crippen molar-refractivity contribution in [2.75, 3.05) is 10.8 Å². The number of nitrogens with zero attached hydrogens (tertiary/aromatic N) is 2. The van der Waals surface area contributed by atoms with Crippen molar-refractivity contribution in [3.8, 4) is 11.5 Å². The molecule has 4 aromatic carbocycles. The van der Waals surface area contributed by atoms with E-state index in [-0.39, 0.29) is 29.1 Å². The third-order valence-corrected chi connectivity index (χ3v) is 10.7. The molecule has 1 saturated carbocycles. The average Bonchev–Trinajstić information content (AvgIpc) is 3.57. The van der Waals surface area contributed by atoms with Gasteiger partial charge in [-0.3, -0.25) is 13.9 Å². The Labute approximate surface area is 286 Å². The van der Waals surface area contributed by atoms with Crippen LogP contribution in [0.2, 0.25) is 10.0 Å². The summed E-state index contributed by atoms with van der Waals surface area (Å²) in [6.07, 6.45) is 3.79. The van der Waals surface area contributed by atoms with Gasteiger partial charge in [-0.15, -0.1) is 0 Å². The highest BCUT2D eigenvalue weighted by Crippen LogP contribution is 2.30. The van der Waals surface area contributed by atoms with E-state index in [1.807, 2.05) is 37.3 Å². The summed E-state index contributed by atoms with van der Waals surface area (Å²) in [4.78, 5) is 29.1. The molecule has 1 aliphatic carbocycles. The van der Waals surface area contributed by atoms with E-state index in [1.165, 1.54) is 17.0 Å². The van der Waals surface area contributed by atoms with Crippen molar-refractivity contribution in [1.29, 1.82) is 0 Å². The van der Waals surface area contributed by atoms with Gasteiger partial charge in [-0.05, 0) is 87.4 Å². The molecule has 0 radical (unpaired) electrons. The molecule has 0 heterocycles. The largest absolute Gasteiger partial charge is 0.457 e. The molecule has 0 bridgehead atoms. The summed E-state index contributed by atoms with van der Waals surface area (Å²) in [6, 6.07) is 26.2. The fraction of sp³-hybridized carbons (Fsp3) is 0.278. The molecule has 0 spiro atoms. The Kier molecular flexibility index (Phi) is 11.1. The van der Waals surface area contributed by atoms with Crippen LogP contribution < -0.4 is 14.4 Å². The van der Waals surface area contributed by atoms with Crippen LogP contribution in [0.3, 0.4) is 0 Å². The van der Waals surface area contributed by atoms with Crippen LogP contribution >= 0.6 is 23.2 Å². The van der Waals surface area contributed by atoms with Gasteiger partial charge in [0, 0.05) is 28.2 Å². The van der Waals surface area contributed by atoms with E-state index in [0.29, 0.717) is 27.1 Å². The maximum atomic E-state index is 14.3. The topological polar surface area (TPSA) is 96.0 Å². The second-order valence-electron chi connectivity index (χ2n) is 11.6. The molecule has 1 atom stereocenters. The smallest absolute Gasteiger partial charge is 0.264 e. The number of carbonyl (C=O) groups is 2. The first-order chi connectivity index (χ1) is 22.5. The van der Waals surface area contributed by atoms with Gasteiger partial charge in [0.2, 0.25) is 11.8 Å². The highest BCUT2D eigenvalue weighted by molar-refractivity contribution is 7.92. The Morgan fingerprint density at radius 1 is 0.851 bits per heavy atom. The van der Waals surface area contributed by atoms with Crippen LogP contribution in [0.5, 0.6) is 11.5 Å². The normalized spacial score (nSPS) is 14.0. The summed E-state index contributed by atoms with van der Waals surface area (Å²) in [5.41, 5.74) is 1.59. The van der Waals surface area contributed by atoms with E-state index in [4.69, 9.17) is 27.9 Å². The fourth-order valence-electron chi connectivity index (χ4n) is 5.50. The number of rotatable bonds is 12. The summed E-state index contributed by atoms with van der Waals surface area (Å²) in [5, 5.41) is 3.72.